The van der Waals surface area contributed by atoms with Crippen LogP contribution >= 0.6 is 0 Å². The molecule has 0 aromatic heterocycles. The van der Waals surface area contributed by atoms with Gasteiger partial charge in [-0.25, -0.2) is 0 Å². The molecule has 2 aromatic carbocycles. The number of benzene rings is 2. The van der Waals surface area contributed by atoms with Crippen LogP contribution in [-0.2, 0) is 20.9 Å². The molecule has 1 aliphatic heterocycles. The van der Waals surface area contributed by atoms with E-state index in [0.717, 1.165) is 10.5 Å². The van der Waals surface area contributed by atoms with Crippen LogP contribution in [0.15, 0.2) is 36.4 Å². The predicted octanol–water partition coefficient (Wildman–Crippen LogP) is 2.38. The number of aryl methyl sites for hydroxylation is 1. The second kappa shape index (κ2) is 7.95. The number of fused-ring (bicyclic) bond motifs is 1. The van der Waals surface area contributed by atoms with Crippen molar-refractivity contribution in [2.24, 2.45) is 0 Å². The summed E-state index contributed by atoms with van der Waals surface area (Å²) in [6, 6.07) is 9.36. The van der Waals surface area contributed by atoms with E-state index < -0.39 is 16.8 Å². The topological polar surface area (TPSA) is 108 Å². The fraction of sp³-hybridized carbons (Fsp3) is 0.263. The van der Waals surface area contributed by atoms with E-state index in [0.29, 0.717) is 17.1 Å². The van der Waals surface area contributed by atoms with Gasteiger partial charge in [-0.1, -0.05) is 11.6 Å². The Morgan fingerprint density at radius 1 is 1.29 bits per heavy atom. The lowest BCUT2D eigenvalue weighted by Gasteiger charge is -2.28. The summed E-state index contributed by atoms with van der Waals surface area (Å²) in [5.41, 5.74) is 1.63. The first-order valence-corrected chi connectivity index (χ1v) is 8.40. The van der Waals surface area contributed by atoms with Crippen LogP contribution in [0.1, 0.15) is 11.1 Å². The van der Waals surface area contributed by atoms with E-state index in [1.165, 1.54) is 25.3 Å². The molecule has 1 heterocycles. The SMILES string of the molecule is COc1ccc(C)cc1COC(=O)CN1C(=O)COc2ccc([N+](=O)[O-])cc21. The minimum Gasteiger partial charge on any atom is -0.496 e. The summed E-state index contributed by atoms with van der Waals surface area (Å²) in [5, 5.41) is 11.0. The number of amides is 1. The van der Waals surface area contributed by atoms with Gasteiger partial charge in [0.25, 0.3) is 11.6 Å². The molecule has 3 rings (SSSR count). The largest absolute Gasteiger partial charge is 0.496 e. The van der Waals surface area contributed by atoms with Gasteiger partial charge in [-0.05, 0) is 25.1 Å². The van der Waals surface area contributed by atoms with Crippen molar-refractivity contribution in [3.8, 4) is 11.5 Å². The zero-order valence-electron chi connectivity index (χ0n) is 15.3. The lowest BCUT2D eigenvalue weighted by atomic mass is 10.1. The van der Waals surface area contributed by atoms with Crippen LogP contribution in [0.25, 0.3) is 0 Å². The molecule has 9 nitrogen and oxygen atoms in total. The standard InChI is InChI=1S/C19H18N2O7/c1-12-3-5-16(26-2)13(7-12)10-28-19(23)9-20-15-8-14(21(24)25)4-6-17(15)27-11-18(20)22/h3-8H,9-11H2,1-2H3. The number of ether oxygens (including phenoxy) is 3. The fourth-order valence-corrected chi connectivity index (χ4v) is 2.83. The minimum atomic E-state index is -0.656. The van der Waals surface area contributed by atoms with Crippen LogP contribution in [0, 0.1) is 17.0 Å². The highest BCUT2D eigenvalue weighted by atomic mass is 16.6. The normalized spacial score (nSPS) is 12.8. The zero-order valence-corrected chi connectivity index (χ0v) is 15.3. The average molecular weight is 386 g/mol. The van der Waals surface area contributed by atoms with Crippen molar-refractivity contribution in [3.05, 3.63) is 57.6 Å². The van der Waals surface area contributed by atoms with Gasteiger partial charge in [-0.2, -0.15) is 0 Å². The molecule has 0 spiro atoms. The number of anilines is 1. The third kappa shape index (κ3) is 4.03. The van der Waals surface area contributed by atoms with Gasteiger partial charge >= 0.3 is 5.97 Å². The molecule has 0 N–H and O–H groups in total. The van der Waals surface area contributed by atoms with Gasteiger partial charge in [0.1, 0.15) is 24.7 Å². The number of hydrogen-bond acceptors (Lipinski definition) is 7. The number of carbonyl (C=O) groups is 2. The summed E-state index contributed by atoms with van der Waals surface area (Å²) in [7, 11) is 1.52. The van der Waals surface area contributed by atoms with E-state index in [4.69, 9.17) is 14.2 Å². The smallest absolute Gasteiger partial charge is 0.326 e. The van der Waals surface area contributed by atoms with E-state index >= 15 is 0 Å². The highest BCUT2D eigenvalue weighted by molar-refractivity contribution is 6.01. The Hall–Kier alpha value is -3.62. The molecule has 0 fully saturated rings. The van der Waals surface area contributed by atoms with Gasteiger partial charge in [0.05, 0.1) is 17.7 Å². The predicted molar refractivity (Wildman–Crippen MR) is 98.5 cm³/mol. The highest BCUT2D eigenvalue weighted by Crippen LogP contribution is 2.35. The molecule has 0 radical (unpaired) electrons. The van der Waals surface area contributed by atoms with E-state index in [1.54, 1.807) is 6.07 Å². The van der Waals surface area contributed by atoms with Crippen LogP contribution in [0.5, 0.6) is 11.5 Å². The molecule has 9 heteroatoms. The molecule has 1 amide bonds. The van der Waals surface area contributed by atoms with Gasteiger partial charge in [0.2, 0.25) is 0 Å². The van der Waals surface area contributed by atoms with Crippen LogP contribution in [0.2, 0.25) is 0 Å². The van der Waals surface area contributed by atoms with Crippen molar-refractivity contribution >= 4 is 23.3 Å². The first-order chi connectivity index (χ1) is 13.4. The summed E-state index contributed by atoms with van der Waals surface area (Å²) in [5.74, 6) is -0.269. The first kappa shape index (κ1) is 19.2. The Morgan fingerprint density at radius 3 is 2.79 bits per heavy atom. The van der Waals surface area contributed by atoms with Crippen molar-refractivity contribution in [1.29, 1.82) is 0 Å². The third-order valence-corrected chi connectivity index (χ3v) is 4.21. The van der Waals surface area contributed by atoms with Crippen molar-refractivity contribution in [3.63, 3.8) is 0 Å². The van der Waals surface area contributed by atoms with E-state index in [1.807, 2.05) is 19.1 Å². The van der Waals surface area contributed by atoms with E-state index in [2.05, 4.69) is 0 Å². The van der Waals surface area contributed by atoms with Crippen molar-refractivity contribution in [1.82, 2.24) is 0 Å². The number of nitrogens with zero attached hydrogens (tertiary/aromatic N) is 2. The van der Waals surface area contributed by atoms with Crippen LogP contribution in [0.4, 0.5) is 11.4 Å². The molecule has 0 saturated carbocycles. The minimum absolute atomic E-state index is 0.0238. The van der Waals surface area contributed by atoms with Gasteiger partial charge in [-0.3, -0.25) is 24.6 Å². The number of nitro benzene ring substituents is 1. The number of methoxy groups -OCH3 is 1. The van der Waals surface area contributed by atoms with E-state index in [-0.39, 0.29) is 31.1 Å². The summed E-state index contributed by atoms with van der Waals surface area (Å²) in [6.45, 7) is 1.24. The molecule has 0 atom stereocenters. The van der Waals surface area contributed by atoms with Crippen molar-refractivity contribution in [2.45, 2.75) is 13.5 Å². The Morgan fingerprint density at radius 2 is 2.07 bits per heavy atom. The number of hydrogen-bond donors (Lipinski definition) is 0. The number of carbonyl (C=O) groups excluding carboxylic acids is 2. The highest BCUT2D eigenvalue weighted by Gasteiger charge is 2.29. The number of rotatable bonds is 6. The number of nitro groups is 1. The third-order valence-electron chi connectivity index (χ3n) is 4.21. The number of esters is 1. The summed E-state index contributed by atoms with van der Waals surface area (Å²) < 4.78 is 15.8. The lowest BCUT2D eigenvalue weighted by Crippen LogP contribution is -2.42. The molecular weight excluding hydrogens is 368 g/mol. The van der Waals surface area contributed by atoms with Crippen LogP contribution in [-0.4, -0.2) is 37.1 Å². The molecule has 2 aromatic rings. The Bertz CT molecular complexity index is 942. The second-order valence-electron chi connectivity index (χ2n) is 6.15. The molecule has 0 bridgehead atoms. The summed E-state index contributed by atoms with van der Waals surface area (Å²) in [4.78, 5) is 36.1. The quantitative estimate of drug-likeness (QED) is 0.426. The fourth-order valence-electron chi connectivity index (χ4n) is 2.83. The molecule has 0 aliphatic carbocycles. The van der Waals surface area contributed by atoms with Gasteiger partial charge < -0.3 is 14.2 Å². The maximum absolute atomic E-state index is 12.3. The number of non-ortho nitro benzene ring substituents is 1. The second-order valence-corrected chi connectivity index (χ2v) is 6.15. The maximum atomic E-state index is 12.3. The molecule has 0 unspecified atom stereocenters. The first-order valence-electron chi connectivity index (χ1n) is 8.40. The van der Waals surface area contributed by atoms with Gasteiger partial charge in [0, 0.05) is 17.7 Å². The van der Waals surface area contributed by atoms with Crippen molar-refractivity contribution < 1.29 is 28.7 Å². The average Bonchev–Trinajstić information content (AvgIpc) is 2.68. The molecule has 146 valence electrons. The Kier molecular flexibility index (Phi) is 5.44. The maximum Gasteiger partial charge on any atom is 0.326 e. The summed E-state index contributed by atoms with van der Waals surface area (Å²) in [6.07, 6.45) is 0. The molecule has 1 aliphatic rings. The Balaban J connectivity index is 1.74. The van der Waals surface area contributed by atoms with E-state index in [9.17, 15) is 19.7 Å². The molecule has 28 heavy (non-hydrogen) atoms. The molecule has 0 saturated heterocycles. The zero-order chi connectivity index (χ0) is 20.3. The van der Waals surface area contributed by atoms with Gasteiger partial charge in [-0.15, -0.1) is 0 Å². The monoisotopic (exact) mass is 386 g/mol. The van der Waals surface area contributed by atoms with Crippen molar-refractivity contribution in [2.75, 3.05) is 25.2 Å². The van der Waals surface area contributed by atoms with Crippen LogP contribution < -0.4 is 14.4 Å². The van der Waals surface area contributed by atoms with Crippen LogP contribution in [0.3, 0.4) is 0 Å². The Labute approximate surface area is 160 Å². The summed E-state index contributed by atoms with van der Waals surface area (Å²) >= 11 is 0. The molecular formula is C19H18N2O7. The lowest BCUT2D eigenvalue weighted by molar-refractivity contribution is -0.384. The van der Waals surface area contributed by atoms with Gasteiger partial charge in [0.15, 0.2) is 6.61 Å².